The number of nitrogens with zero attached hydrogens (tertiary/aromatic N) is 1. The van der Waals surface area contributed by atoms with Gasteiger partial charge in [-0.2, -0.15) is 0 Å². The molecule has 1 aromatic heterocycles. The SMILES string of the molecule is Cc1cc(=O)c(C(=O)O)cn1CCCCO. The molecule has 0 amide bonds. The molecule has 0 radical (unpaired) electrons. The van der Waals surface area contributed by atoms with E-state index in [-0.39, 0.29) is 12.2 Å². The Kier molecular flexibility index (Phi) is 4.25. The quantitative estimate of drug-likeness (QED) is 0.720. The molecule has 0 aliphatic heterocycles. The standard InChI is InChI=1S/C11H15NO4/c1-8-6-10(14)9(11(15)16)7-12(8)4-2-3-5-13/h6-7,13H,2-5H2,1H3,(H,15,16). The number of carboxylic acid groups (broad SMARTS) is 1. The van der Waals surface area contributed by atoms with Crippen molar-refractivity contribution >= 4 is 5.97 Å². The fourth-order valence-corrected chi connectivity index (χ4v) is 1.47. The average Bonchev–Trinajstić information content (AvgIpc) is 2.21. The molecule has 0 saturated heterocycles. The topological polar surface area (TPSA) is 79.5 Å². The zero-order valence-corrected chi connectivity index (χ0v) is 9.14. The summed E-state index contributed by atoms with van der Waals surface area (Å²) in [5.41, 5.74) is 0.0472. The summed E-state index contributed by atoms with van der Waals surface area (Å²) in [7, 11) is 0. The molecule has 0 spiro atoms. The number of aliphatic hydroxyl groups excluding tert-OH is 1. The van der Waals surface area contributed by atoms with Gasteiger partial charge in [0.15, 0.2) is 5.43 Å². The predicted octanol–water partition coefficient (Wildman–Crippen LogP) is 0.627. The van der Waals surface area contributed by atoms with Crippen LogP contribution in [0.2, 0.25) is 0 Å². The summed E-state index contributed by atoms with van der Waals surface area (Å²) in [6, 6.07) is 1.32. The first-order valence-electron chi connectivity index (χ1n) is 5.11. The molecule has 0 aliphatic rings. The maximum atomic E-state index is 11.3. The third-order valence-electron chi connectivity index (χ3n) is 2.38. The van der Waals surface area contributed by atoms with E-state index in [1.165, 1.54) is 12.3 Å². The highest BCUT2D eigenvalue weighted by atomic mass is 16.4. The lowest BCUT2D eigenvalue weighted by Gasteiger charge is -2.10. The summed E-state index contributed by atoms with van der Waals surface area (Å²) < 4.78 is 1.72. The molecule has 0 aliphatic carbocycles. The molecule has 0 fully saturated rings. The summed E-state index contributed by atoms with van der Waals surface area (Å²) in [6.45, 7) is 2.48. The van der Waals surface area contributed by atoms with Crippen LogP contribution in [0, 0.1) is 6.92 Å². The van der Waals surface area contributed by atoms with Crippen molar-refractivity contribution in [2.45, 2.75) is 26.3 Å². The van der Waals surface area contributed by atoms with Crippen molar-refractivity contribution in [2.24, 2.45) is 0 Å². The van der Waals surface area contributed by atoms with E-state index in [1.54, 1.807) is 11.5 Å². The van der Waals surface area contributed by atoms with E-state index < -0.39 is 11.4 Å². The maximum absolute atomic E-state index is 11.3. The van der Waals surface area contributed by atoms with Crippen LogP contribution in [0.3, 0.4) is 0 Å². The Balaban J connectivity index is 2.96. The second kappa shape index (κ2) is 5.46. The van der Waals surface area contributed by atoms with E-state index in [0.29, 0.717) is 13.0 Å². The Morgan fingerprint density at radius 3 is 2.69 bits per heavy atom. The van der Waals surface area contributed by atoms with Crippen LogP contribution in [0.15, 0.2) is 17.1 Å². The fourth-order valence-electron chi connectivity index (χ4n) is 1.47. The number of aromatic nitrogens is 1. The first-order chi connectivity index (χ1) is 7.56. The number of carboxylic acids is 1. The van der Waals surface area contributed by atoms with Gasteiger partial charge in [0.2, 0.25) is 0 Å². The molecule has 0 unspecified atom stereocenters. The zero-order chi connectivity index (χ0) is 12.1. The Morgan fingerprint density at radius 2 is 2.12 bits per heavy atom. The lowest BCUT2D eigenvalue weighted by Crippen LogP contribution is -2.19. The van der Waals surface area contributed by atoms with Crippen molar-refractivity contribution in [1.82, 2.24) is 4.57 Å². The van der Waals surface area contributed by atoms with Crippen molar-refractivity contribution in [3.8, 4) is 0 Å². The van der Waals surface area contributed by atoms with Gasteiger partial charge in [0.1, 0.15) is 5.56 Å². The molecule has 1 aromatic rings. The van der Waals surface area contributed by atoms with Gasteiger partial charge in [-0.25, -0.2) is 4.79 Å². The summed E-state index contributed by atoms with van der Waals surface area (Å²) in [5, 5.41) is 17.4. The minimum absolute atomic E-state index is 0.116. The summed E-state index contributed by atoms with van der Waals surface area (Å²) >= 11 is 0. The smallest absolute Gasteiger partial charge is 0.341 e. The Morgan fingerprint density at radius 1 is 1.44 bits per heavy atom. The summed E-state index contributed by atoms with van der Waals surface area (Å²) in [5.74, 6) is -1.21. The Labute approximate surface area is 93.0 Å². The van der Waals surface area contributed by atoms with E-state index in [2.05, 4.69) is 0 Å². The van der Waals surface area contributed by atoms with Crippen LogP contribution < -0.4 is 5.43 Å². The molecule has 5 heteroatoms. The van der Waals surface area contributed by atoms with Crippen LogP contribution in [-0.4, -0.2) is 27.4 Å². The number of unbranched alkanes of at least 4 members (excludes halogenated alkanes) is 1. The van der Waals surface area contributed by atoms with Crippen LogP contribution in [0.4, 0.5) is 0 Å². The number of hydrogen-bond acceptors (Lipinski definition) is 3. The van der Waals surface area contributed by atoms with Crippen LogP contribution in [0.5, 0.6) is 0 Å². The predicted molar refractivity (Wildman–Crippen MR) is 58.7 cm³/mol. The van der Waals surface area contributed by atoms with Crippen LogP contribution in [0.25, 0.3) is 0 Å². The average molecular weight is 225 g/mol. The molecule has 5 nitrogen and oxygen atoms in total. The molecule has 2 N–H and O–H groups in total. The molecule has 16 heavy (non-hydrogen) atoms. The molecular weight excluding hydrogens is 210 g/mol. The molecule has 88 valence electrons. The first kappa shape index (κ1) is 12.4. The number of carbonyl (C=O) groups is 1. The van der Waals surface area contributed by atoms with Crippen LogP contribution >= 0.6 is 0 Å². The molecule has 1 rings (SSSR count). The highest BCUT2D eigenvalue weighted by molar-refractivity contribution is 5.87. The lowest BCUT2D eigenvalue weighted by molar-refractivity contribution is 0.0694. The summed E-state index contributed by atoms with van der Waals surface area (Å²) in [6.07, 6.45) is 2.77. The number of rotatable bonds is 5. The monoisotopic (exact) mass is 225 g/mol. The van der Waals surface area contributed by atoms with Gasteiger partial charge < -0.3 is 14.8 Å². The van der Waals surface area contributed by atoms with E-state index in [0.717, 1.165) is 12.1 Å². The van der Waals surface area contributed by atoms with Crippen LogP contribution in [-0.2, 0) is 6.54 Å². The number of hydrogen-bond donors (Lipinski definition) is 2. The van der Waals surface area contributed by atoms with Gasteiger partial charge in [-0.1, -0.05) is 0 Å². The number of aliphatic hydroxyl groups is 1. The highest BCUT2D eigenvalue weighted by Gasteiger charge is 2.10. The maximum Gasteiger partial charge on any atom is 0.341 e. The molecule has 0 saturated carbocycles. The van der Waals surface area contributed by atoms with Gasteiger partial charge >= 0.3 is 5.97 Å². The minimum Gasteiger partial charge on any atom is -0.477 e. The van der Waals surface area contributed by atoms with Crippen molar-refractivity contribution in [3.63, 3.8) is 0 Å². The van der Waals surface area contributed by atoms with Gasteiger partial charge in [-0.15, -0.1) is 0 Å². The van der Waals surface area contributed by atoms with Gasteiger partial charge in [0, 0.05) is 31.1 Å². The molecule has 1 heterocycles. The van der Waals surface area contributed by atoms with Gasteiger partial charge in [0.05, 0.1) is 0 Å². The van der Waals surface area contributed by atoms with E-state index in [9.17, 15) is 9.59 Å². The zero-order valence-electron chi connectivity index (χ0n) is 9.14. The van der Waals surface area contributed by atoms with E-state index in [4.69, 9.17) is 10.2 Å². The number of aryl methyl sites for hydroxylation is 2. The minimum atomic E-state index is -1.21. The van der Waals surface area contributed by atoms with Crippen LogP contribution in [0.1, 0.15) is 28.9 Å². The van der Waals surface area contributed by atoms with Crippen molar-refractivity contribution in [2.75, 3.05) is 6.61 Å². The lowest BCUT2D eigenvalue weighted by atomic mass is 10.2. The Hall–Kier alpha value is -1.62. The van der Waals surface area contributed by atoms with E-state index in [1.807, 2.05) is 0 Å². The van der Waals surface area contributed by atoms with Crippen molar-refractivity contribution in [1.29, 1.82) is 0 Å². The Bertz CT molecular complexity index is 436. The molecule has 0 aromatic carbocycles. The number of pyridine rings is 1. The first-order valence-corrected chi connectivity index (χ1v) is 5.11. The largest absolute Gasteiger partial charge is 0.477 e. The highest BCUT2D eigenvalue weighted by Crippen LogP contribution is 2.02. The van der Waals surface area contributed by atoms with E-state index >= 15 is 0 Å². The van der Waals surface area contributed by atoms with Crippen molar-refractivity contribution < 1.29 is 15.0 Å². The summed E-state index contributed by atoms with van der Waals surface area (Å²) in [4.78, 5) is 22.1. The van der Waals surface area contributed by atoms with Gasteiger partial charge in [-0.3, -0.25) is 4.79 Å². The molecule has 0 bridgehead atoms. The fraction of sp³-hybridized carbons (Fsp3) is 0.455. The second-order valence-electron chi connectivity index (χ2n) is 3.62. The third-order valence-corrected chi connectivity index (χ3v) is 2.38. The molecule has 0 atom stereocenters. The van der Waals surface area contributed by atoms with Gasteiger partial charge in [0.25, 0.3) is 0 Å². The number of aromatic carboxylic acids is 1. The van der Waals surface area contributed by atoms with Gasteiger partial charge in [-0.05, 0) is 19.8 Å². The normalized spacial score (nSPS) is 10.4. The molecular formula is C11H15NO4. The van der Waals surface area contributed by atoms with Crippen molar-refractivity contribution in [3.05, 3.63) is 33.7 Å². The second-order valence-corrected chi connectivity index (χ2v) is 3.62. The third kappa shape index (κ3) is 2.93.